The van der Waals surface area contributed by atoms with Crippen LogP contribution in [0.15, 0.2) is 88.6 Å². The van der Waals surface area contributed by atoms with Gasteiger partial charge in [0.1, 0.15) is 22.9 Å². The van der Waals surface area contributed by atoms with Crippen molar-refractivity contribution in [2.24, 2.45) is 0 Å². The third-order valence-electron chi connectivity index (χ3n) is 8.00. The molecule has 0 radical (unpaired) electrons. The molecule has 0 N–H and O–H groups in total. The summed E-state index contributed by atoms with van der Waals surface area (Å²) in [6.45, 7) is 7.18. The average molecular weight is 622 g/mol. The van der Waals surface area contributed by atoms with Crippen molar-refractivity contribution in [2.45, 2.75) is 25.9 Å². The van der Waals surface area contributed by atoms with Crippen LogP contribution in [0.1, 0.15) is 48.2 Å². The second kappa shape index (κ2) is 10.3. The standard InChI is InChI=1S/C34H24FN3O6S/c1-4-14-43-31(41)29-19(3)36-33(45-29)38-30(40)28-26(27(39)22-16-21(35)12-13-25(22)44-28)34(38)23-10-5-6-11-24(23)37(32(34)42)17-20-9-7-8-18(2)15-20/h4-13,15-16H,1,14,17H2,2-3H3. The van der Waals surface area contributed by atoms with Crippen LogP contribution in [-0.4, -0.2) is 29.4 Å². The van der Waals surface area contributed by atoms with E-state index in [9.17, 15) is 18.8 Å². The molecule has 0 saturated heterocycles. The molecule has 1 spiro atoms. The van der Waals surface area contributed by atoms with Crippen molar-refractivity contribution in [1.82, 2.24) is 4.98 Å². The maximum Gasteiger partial charge on any atom is 0.350 e. The predicted molar refractivity (Wildman–Crippen MR) is 166 cm³/mol. The number of benzene rings is 3. The van der Waals surface area contributed by atoms with Crippen LogP contribution in [0.3, 0.4) is 0 Å². The summed E-state index contributed by atoms with van der Waals surface area (Å²) >= 11 is 0.858. The first kappa shape index (κ1) is 28.4. The number of carbonyl (C=O) groups excluding carboxylic acids is 3. The molecule has 1 unspecified atom stereocenters. The molecule has 2 aromatic heterocycles. The van der Waals surface area contributed by atoms with Gasteiger partial charge in [-0.25, -0.2) is 14.2 Å². The van der Waals surface area contributed by atoms with Crippen molar-refractivity contribution in [3.8, 4) is 0 Å². The molecule has 5 aromatic rings. The molecule has 0 aliphatic carbocycles. The first-order chi connectivity index (χ1) is 21.7. The van der Waals surface area contributed by atoms with Crippen molar-refractivity contribution >= 4 is 50.9 Å². The van der Waals surface area contributed by atoms with Gasteiger partial charge in [0.15, 0.2) is 16.1 Å². The third kappa shape index (κ3) is 4.07. The van der Waals surface area contributed by atoms with Crippen LogP contribution in [0, 0.1) is 19.7 Å². The van der Waals surface area contributed by atoms with E-state index < -0.39 is 34.6 Å². The number of hydrogen-bond donors (Lipinski definition) is 0. The molecule has 9 nitrogen and oxygen atoms in total. The number of nitrogens with zero attached hydrogens (tertiary/aromatic N) is 3. The number of hydrogen-bond acceptors (Lipinski definition) is 8. The lowest BCUT2D eigenvalue weighted by Crippen LogP contribution is -2.53. The quantitative estimate of drug-likeness (QED) is 0.174. The van der Waals surface area contributed by atoms with Crippen molar-refractivity contribution in [3.63, 3.8) is 0 Å². The summed E-state index contributed by atoms with van der Waals surface area (Å²) in [4.78, 5) is 64.0. The predicted octanol–water partition coefficient (Wildman–Crippen LogP) is 5.80. The maximum atomic E-state index is 15.0. The molecule has 2 aliphatic rings. The molecule has 11 heteroatoms. The fourth-order valence-electron chi connectivity index (χ4n) is 6.15. The number of rotatable bonds is 6. The van der Waals surface area contributed by atoms with E-state index >= 15 is 4.79 Å². The van der Waals surface area contributed by atoms with Crippen molar-refractivity contribution in [2.75, 3.05) is 16.4 Å². The number of aryl methyl sites for hydroxylation is 2. The van der Waals surface area contributed by atoms with E-state index in [0.717, 1.165) is 39.5 Å². The van der Waals surface area contributed by atoms with Gasteiger partial charge < -0.3 is 14.1 Å². The summed E-state index contributed by atoms with van der Waals surface area (Å²) in [5, 5.41) is -0.126. The van der Waals surface area contributed by atoms with Crippen LogP contribution in [0.25, 0.3) is 11.0 Å². The molecular weight excluding hydrogens is 597 g/mol. The number of anilines is 2. The molecule has 45 heavy (non-hydrogen) atoms. The highest BCUT2D eigenvalue weighted by molar-refractivity contribution is 7.17. The van der Waals surface area contributed by atoms with Gasteiger partial charge in [0.2, 0.25) is 5.76 Å². The molecule has 4 heterocycles. The first-order valence-corrected chi connectivity index (χ1v) is 14.8. The lowest BCUT2D eigenvalue weighted by molar-refractivity contribution is -0.121. The number of amides is 2. The summed E-state index contributed by atoms with van der Waals surface area (Å²) in [6, 6.07) is 18.0. The Morgan fingerprint density at radius 1 is 1.09 bits per heavy atom. The molecule has 224 valence electrons. The number of halogens is 1. The second-order valence-electron chi connectivity index (χ2n) is 10.8. The minimum atomic E-state index is -2.06. The van der Waals surface area contributed by atoms with Crippen LogP contribution in [-0.2, 0) is 21.6 Å². The SMILES string of the molecule is C=CCOC(=O)c1sc(N2C(=O)c3oc4ccc(F)cc4c(=O)c3C23C(=O)N(Cc2cccc(C)c2)c2ccccc23)nc1C. The minimum Gasteiger partial charge on any atom is -0.457 e. The summed E-state index contributed by atoms with van der Waals surface area (Å²) in [5.41, 5.74) is -0.104. The lowest BCUT2D eigenvalue weighted by Gasteiger charge is -2.32. The van der Waals surface area contributed by atoms with E-state index in [4.69, 9.17) is 9.15 Å². The zero-order valence-corrected chi connectivity index (χ0v) is 24.9. The maximum absolute atomic E-state index is 15.0. The molecular formula is C34H24FN3O6S. The smallest absolute Gasteiger partial charge is 0.350 e. The molecule has 2 amide bonds. The minimum absolute atomic E-state index is 0.00939. The van der Waals surface area contributed by atoms with Crippen molar-refractivity contribution < 1.29 is 27.9 Å². The largest absolute Gasteiger partial charge is 0.457 e. The van der Waals surface area contributed by atoms with Crippen LogP contribution >= 0.6 is 11.3 Å². The summed E-state index contributed by atoms with van der Waals surface area (Å²) < 4.78 is 25.7. The van der Waals surface area contributed by atoms with Crippen LogP contribution in [0.2, 0.25) is 0 Å². The normalized spacial score (nSPS) is 16.9. The van der Waals surface area contributed by atoms with Gasteiger partial charge >= 0.3 is 5.97 Å². The zero-order chi connectivity index (χ0) is 31.6. The van der Waals surface area contributed by atoms with Gasteiger partial charge in [-0.15, -0.1) is 0 Å². The van der Waals surface area contributed by atoms with Gasteiger partial charge in [0.05, 0.1) is 28.9 Å². The highest BCUT2D eigenvalue weighted by atomic mass is 32.1. The Morgan fingerprint density at radius 2 is 1.89 bits per heavy atom. The summed E-state index contributed by atoms with van der Waals surface area (Å²) in [7, 11) is 0. The van der Waals surface area contributed by atoms with Crippen LogP contribution < -0.4 is 15.2 Å². The molecule has 0 saturated carbocycles. The molecule has 3 aromatic carbocycles. The van der Waals surface area contributed by atoms with Crippen LogP contribution in [0.5, 0.6) is 0 Å². The summed E-state index contributed by atoms with van der Waals surface area (Å²) in [6.07, 6.45) is 1.42. The average Bonchev–Trinajstić information content (AvgIpc) is 3.61. The fraction of sp³-hybridized carbons (Fsp3) is 0.147. The summed E-state index contributed by atoms with van der Waals surface area (Å²) in [5.74, 6) is -3.10. The van der Waals surface area contributed by atoms with Gasteiger partial charge in [-0.2, -0.15) is 0 Å². The Morgan fingerprint density at radius 3 is 2.67 bits per heavy atom. The van der Waals surface area contributed by atoms with E-state index in [1.807, 2.05) is 31.2 Å². The monoisotopic (exact) mass is 621 g/mol. The van der Waals surface area contributed by atoms with Gasteiger partial charge in [-0.05, 0) is 43.7 Å². The number of carbonyl (C=O) groups is 3. The number of ether oxygens (including phenoxy) is 1. The number of aromatic nitrogens is 1. The number of fused-ring (bicyclic) bond motifs is 5. The molecule has 0 bridgehead atoms. The molecule has 2 aliphatic heterocycles. The Bertz CT molecular complexity index is 2170. The zero-order valence-electron chi connectivity index (χ0n) is 24.1. The Labute approximate surface area is 259 Å². The highest BCUT2D eigenvalue weighted by Crippen LogP contribution is 2.55. The lowest BCUT2D eigenvalue weighted by atomic mass is 9.84. The van der Waals surface area contributed by atoms with E-state index in [-0.39, 0.29) is 51.1 Å². The number of esters is 1. The Balaban J connectivity index is 1.52. The second-order valence-corrected chi connectivity index (χ2v) is 11.8. The molecule has 1 atom stereocenters. The van der Waals surface area contributed by atoms with E-state index in [2.05, 4.69) is 11.6 Å². The topological polar surface area (TPSA) is 110 Å². The Kier molecular flexibility index (Phi) is 6.52. The van der Waals surface area contributed by atoms with E-state index in [0.29, 0.717) is 11.3 Å². The number of para-hydroxylation sites is 1. The fourth-order valence-corrected chi connectivity index (χ4v) is 7.16. The van der Waals surface area contributed by atoms with Gasteiger partial charge in [0, 0.05) is 5.56 Å². The Hall–Kier alpha value is -5.42. The van der Waals surface area contributed by atoms with Gasteiger partial charge in [-0.3, -0.25) is 19.3 Å². The molecule has 0 fully saturated rings. The number of thiazole rings is 1. The third-order valence-corrected chi connectivity index (χ3v) is 9.13. The first-order valence-electron chi connectivity index (χ1n) is 14.0. The van der Waals surface area contributed by atoms with Crippen LogP contribution in [0.4, 0.5) is 15.2 Å². The molecule has 7 rings (SSSR count). The van der Waals surface area contributed by atoms with Crippen molar-refractivity contribution in [1.29, 1.82) is 0 Å². The van der Waals surface area contributed by atoms with E-state index in [1.165, 1.54) is 17.0 Å². The van der Waals surface area contributed by atoms with E-state index in [1.54, 1.807) is 31.2 Å². The van der Waals surface area contributed by atoms with Gasteiger partial charge in [0.25, 0.3) is 11.8 Å². The highest BCUT2D eigenvalue weighted by Gasteiger charge is 2.66. The van der Waals surface area contributed by atoms with Crippen molar-refractivity contribution in [3.05, 3.63) is 134 Å². The van der Waals surface area contributed by atoms with Gasteiger partial charge in [-0.1, -0.05) is 72.0 Å².